The van der Waals surface area contributed by atoms with Gasteiger partial charge in [-0.15, -0.1) is 0 Å². The Morgan fingerprint density at radius 1 is 1.03 bits per heavy atom. The predicted molar refractivity (Wildman–Crippen MR) is 144 cm³/mol. The molecule has 1 saturated carbocycles. The molecule has 2 aromatic heterocycles. The molecule has 3 aromatic carbocycles. The monoisotopic (exact) mass is 492 g/mol. The Bertz CT molecular complexity index is 1620. The zero-order valence-corrected chi connectivity index (χ0v) is 20.7. The Balaban J connectivity index is 1.37. The van der Waals surface area contributed by atoms with Crippen LogP contribution in [0.4, 0.5) is 5.82 Å². The van der Waals surface area contributed by atoms with E-state index in [1.54, 1.807) is 13.1 Å². The van der Waals surface area contributed by atoms with Crippen molar-refractivity contribution in [3.63, 3.8) is 0 Å². The molecule has 2 heterocycles. The number of ether oxygens (including phenoxy) is 2. The van der Waals surface area contributed by atoms with E-state index >= 15 is 0 Å². The lowest BCUT2D eigenvalue weighted by Crippen LogP contribution is -2.09. The van der Waals surface area contributed by atoms with Gasteiger partial charge in [-0.05, 0) is 60.5 Å². The molecule has 2 N–H and O–H groups in total. The average molecular weight is 493 g/mol. The third kappa shape index (κ3) is 4.48. The lowest BCUT2D eigenvalue weighted by molar-refractivity contribution is -0.142. The molecule has 186 valence electrons. The number of hydrogen-bond donors (Lipinski definition) is 1. The molecule has 0 saturated heterocycles. The lowest BCUT2D eigenvalue weighted by atomic mass is 9.97. The van der Waals surface area contributed by atoms with Crippen LogP contribution in [-0.2, 0) is 22.6 Å². The summed E-state index contributed by atoms with van der Waals surface area (Å²) in [7, 11) is 0. The van der Waals surface area contributed by atoms with E-state index < -0.39 is 0 Å². The van der Waals surface area contributed by atoms with Crippen molar-refractivity contribution in [1.82, 2.24) is 14.8 Å². The van der Waals surface area contributed by atoms with E-state index in [1.807, 2.05) is 42.5 Å². The van der Waals surface area contributed by atoms with Gasteiger partial charge in [0.2, 0.25) is 0 Å². The molecule has 0 bridgehead atoms. The third-order valence-corrected chi connectivity index (χ3v) is 6.80. The van der Waals surface area contributed by atoms with Gasteiger partial charge in [-0.25, -0.2) is 4.98 Å². The molecule has 7 nitrogen and oxygen atoms in total. The fraction of sp³-hybridized carbons (Fsp3) is 0.233. The number of carbonyl (C=O) groups excluding carboxylic acids is 1. The average Bonchev–Trinajstić information content (AvgIpc) is 3.69. The second-order valence-corrected chi connectivity index (χ2v) is 9.33. The maximum Gasteiger partial charge on any atom is 0.310 e. The van der Waals surface area contributed by atoms with E-state index in [-0.39, 0.29) is 12.4 Å². The number of carbonyl (C=O) groups is 1. The molecule has 7 heteroatoms. The number of hydrogen-bond acceptors (Lipinski definition) is 6. The van der Waals surface area contributed by atoms with Crippen molar-refractivity contribution in [2.24, 2.45) is 0 Å². The summed E-state index contributed by atoms with van der Waals surface area (Å²) in [5.41, 5.74) is 11.1. The summed E-state index contributed by atoms with van der Waals surface area (Å²) in [5.74, 6) is 0.924. The Morgan fingerprint density at radius 3 is 2.73 bits per heavy atom. The van der Waals surface area contributed by atoms with Gasteiger partial charge in [0.1, 0.15) is 23.9 Å². The number of nitrogen functional groups attached to an aromatic ring is 1. The first-order chi connectivity index (χ1) is 18.1. The van der Waals surface area contributed by atoms with Crippen LogP contribution in [0.3, 0.4) is 0 Å². The fourth-order valence-electron chi connectivity index (χ4n) is 4.86. The molecular formula is C30H28N4O3. The molecule has 6 rings (SSSR count). The molecule has 0 spiro atoms. The van der Waals surface area contributed by atoms with E-state index in [4.69, 9.17) is 20.3 Å². The zero-order valence-electron chi connectivity index (χ0n) is 20.7. The minimum atomic E-state index is -0.266. The number of anilines is 1. The topological polar surface area (TPSA) is 92.3 Å². The van der Waals surface area contributed by atoms with Gasteiger partial charge in [0.05, 0.1) is 24.6 Å². The van der Waals surface area contributed by atoms with E-state index in [1.165, 1.54) is 0 Å². The largest absolute Gasteiger partial charge is 0.487 e. The third-order valence-electron chi connectivity index (χ3n) is 6.80. The summed E-state index contributed by atoms with van der Waals surface area (Å²) in [5, 5.41) is 8.03. The van der Waals surface area contributed by atoms with Crippen molar-refractivity contribution in [2.75, 3.05) is 12.3 Å². The van der Waals surface area contributed by atoms with Crippen molar-refractivity contribution >= 4 is 33.5 Å². The minimum Gasteiger partial charge on any atom is -0.487 e. The predicted octanol–water partition coefficient (Wildman–Crippen LogP) is 5.85. The van der Waals surface area contributed by atoms with Crippen molar-refractivity contribution in [3.8, 4) is 16.9 Å². The van der Waals surface area contributed by atoms with Crippen LogP contribution in [-0.4, -0.2) is 27.3 Å². The summed E-state index contributed by atoms with van der Waals surface area (Å²) in [6.45, 7) is 2.46. The molecule has 0 amide bonds. The van der Waals surface area contributed by atoms with Crippen LogP contribution >= 0.6 is 0 Å². The van der Waals surface area contributed by atoms with Crippen molar-refractivity contribution in [1.29, 1.82) is 0 Å². The maximum absolute atomic E-state index is 12.1. The van der Waals surface area contributed by atoms with Crippen LogP contribution in [0.25, 0.3) is 32.8 Å². The Labute approximate surface area is 214 Å². The smallest absolute Gasteiger partial charge is 0.310 e. The molecule has 1 aliphatic rings. The first-order valence-electron chi connectivity index (χ1n) is 12.6. The molecule has 1 fully saturated rings. The maximum atomic E-state index is 12.1. The molecule has 0 atom stereocenters. The van der Waals surface area contributed by atoms with Crippen LogP contribution in [0.1, 0.15) is 37.1 Å². The highest BCUT2D eigenvalue weighted by Crippen LogP contribution is 2.39. The van der Waals surface area contributed by atoms with Gasteiger partial charge in [-0.3, -0.25) is 9.48 Å². The van der Waals surface area contributed by atoms with Crippen molar-refractivity contribution < 1.29 is 14.3 Å². The van der Waals surface area contributed by atoms with Crippen LogP contribution < -0.4 is 10.5 Å². The number of pyridine rings is 1. The minimum absolute atomic E-state index is 0.171. The zero-order chi connectivity index (χ0) is 25.4. The second kappa shape index (κ2) is 9.58. The van der Waals surface area contributed by atoms with Gasteiger partial charge in [0.15, 0.2) is 0 Å². The summed E-state index contributed by atoms with van der Waals surface area (Å²) < 4.78 is 13.5. The van der Waals surface area contributed by atoms with Crippen molar-refractivity contribution in [3.05, 3.63) is 84.2 Å². The van der Waals surface area contributed by atoms with E-state index in [2.05, 4.69) is 33.9 Å². The number of rotatable bonds is 8. The SMILES string of the molecule is CCOC(=O)Cc1ccccc1OCc1nn(C2CC2)c2ccc(-c3cccc4c(N)nccc34)cc12. The van der Waals surface area contributed by atoms with Gasteiger partial charge in [-0.2, -0.15) is 5.10 Å². The first-order valence-corrected chi connectivity index (χ1v) is 12.6. The van der Waals surface area contributed by atoms with Gasteiger partial charge >= 0.3 is 5.97 Å². The van der Waals surface area contributed by atoms with Crippen LogP contribution in [0.2, 0.25) is 0 Å². The highest BCUT2D eigenvalue weighted by atomic mass is 16.5. The fourth-order valence-corrected chi connectivity index (χ4v) is 4.86. The Morgan fingerprint density at radius 2 is 1.89 bits per heavy atom. The number of fused-ring (bicyclic) bond motifs is 2. The number of para-hydroxylation sites is 1. The van der Waals surface area contributed by atoms with Gasteiger partial charge in [0.25, 0.3) is 0 Å². The van der Waals surface area contributed by atoms with Crippen LogP contribution in [0.5, 0.6) is 5.75 Å². The van der Waals surface area contributed by atoms with E-state index in [0.717, 1.165) is 56.9 Å². The Hall–Kier alpha value is -4.39. The molecule has 37 heavy (non-hydrogen) atoms. The van der Waals surface area contributed by atoms with E-state index in [0.29, 0.717) is 30.8 Å². The highest BCUT2D eigenvalue weighted by Gasteiger charge is 2.27. The molecule has 1 aliphatic carbocycles. The highest BCUT2D eigenvalue weighted by molar-refractivity contribution is 6.02. The lowest BCUT2D eigenvalue weighted by Gasteiger charge is -2.11. The second-order valence-electron chi connectivity index (χ2n) is 9.33. The molecule has 0 radical (unpaired) electrons. The van der Waals surface area contributed by atoms with Crippen LogP contribution in [0.15, 0.2) is 72.9 Å². The van der Waals surface area contributed by atoms with Crippen molar-refractivity contribution in [2.45, 2.75) is 38.8 Å². The summed E-state index contributed by atoms with van der Waals surface area (Å²) in [4.78, 5) is 16.3. The van der Waals surface area contributed by atoms with Gasteiger partial charge < -0.3 is 15.2 Å². The Kier molecular flexibility index (Phi) is 5.96. The molecular weight excluding hydrogens is 464 g/mol. The number of esters is 1. The summed E-state index contributed by atoms with van der Waals surface area (Å²) in [6, 6.07) is 22.6. The number of aromatic nitrogens is 3. The van der Waals surface area contributed by atoms with E-state index in [9.17, 15) is 4.79 Å². The first kappa shape index (κ1) is 23.0. The number of nitrogens with zero attached hydrogens (tertiary/aromatic N) is 3. The number of benzene rings is 3. The summed E-state index contributed by atoms with van der Waals surface area (Å²) >= 11 is 0. The standard InChI is InChI=1S/C30H28N4O3/c1-2-36-29(35)17-20-6-3-4-9-28(20)37-18-26-25-16-19(10-13-27(25)34(33-26)21-11-12-21)22-7-5-8-24-23(22)14-15-32-30(24)31/h3-10,13-16,21H,2,11-12,17-18H2,1H3,(H2,31,32). The van der Waals surface area contributed by atoms with Gasteiger partial charge in [-0.1, -0.05) is 42.5 Å². The normalized spacial score (nSPS) is 13.2. The molecule has 0 unspecified atom stereocenters. The van der Waals surface area contributed by atoms with Gasteiger partial charge in [0, 0.05) is 22.5 Å². The molecule has 5 aromatic rings. The number of nitrogens with two attached hydrogens (primary N) is 1. The quantitative estimate of drug-likeness (QED) is 0.273. The summed E-state index contributed by atoms with van der Waals surface area (Å²) in [6.07, 6.45) is 4.19. The van der Waals surface area contributed by atoms with Crippen LogP contribution in [0, 0.1) is 0 Å². The molecule has 0 aliphatic heterocycles.